The van der Waals surface area contributed by atoms with Crippen molar-refractivity contribution in [1.82, 2.24) is 10.9 Å². The Bertz CT molecular complexity index is 435. The van der Waals surface area contributed by atoms with Crippen LogP contribution in [0.15, 0.2) is 24.3 Å². The summed E-state index contributed by atoms with van der Waals surface area (Å²) in [5.74, 6) is -0.188. The van der Waals surface area contributed by atoms with Crippen molar-refractivity contribution in [1.29, 1.82) is 0 Å². The van der Waals surface area contributed by atoms with E-state index in [9.17, 15) is 9.59 Å². The van der Waals surface area contributed by atoms with Crippen LogP contribution >= 0.6 is 11.6 Å². The minimum Gasteiger partial charge on any atom is -0.307 e. The van der Waals surface area contributed by atoms with Gasteiger partial charge in [-0.2, -0.15) is 0 Å². The molecular formula is C14H20ClN3O2. The number of unbranched alkanes of at least 4 members (excludes halogenated alkanes) is 3. The molecule has 0 aliphatic heterocycles. The Kier molecular flexibility index (Phi) is 7.50. The Morgan fingerprint density at radius 1 is 1.05 bits per heavy atom. The molecule has 0 saturated carbocycles. The van der Waals surface area contributed by atoms with Crippen LogP contribution in [0, 0.1) is 0 Å². The van der Waals surface area contributed by atoms with Gasteiger partial charge in [-0.3, -0.25) is 10.2 Å². The highest BCUT2D eigenvalue weighted by Gasteiger charge is 2.04. The Morgan fingerprint density at radius 3 is 2.40 bits per heavy atom. The van der Waals surface area contributed by atoms with Gasteiger partial charge in [0, 0.05) is 17.1 Å². The molecule has 0 radical (unpaired) electrons. The summed E-state index contributed by atoms with van der Waals surface area (Å²) < 4.78 is 0. The molecule has 5 nitrogen and oxygen atoms in total. The Morgan fingerprint density at radius 2 is 1.75 bits per heavy atom. The van der Waals surface area contributed by atoms with E-state index in [1.54, 1.807) is 24.3 Å². The maximum absolute atomic E-state index is 11.5. The van der Waals surface area contributed by atoms with Crippen molar-refractivity contribution in [3.05, 3.63) is 29.3 Å². The first-order valence-electron chi connectivity index (χ1n) is 6.73. The number of amides is 3. The van der Waals surface area contributed by atoms with E-state index in [1.807, 2.05) is 0 Å². The number of halogens is 1. The third-order valence-electron chi connectivity index (χ3n) is 2.67. The fourth-order valence-corrected chi connectivity index (χ4v) is 1.72. The highest BCUT2D eigenvalue weighted by atomic mass is 35.5. The molecule has 0 bridgehead atoms. The van der Waals surface area contributed by atoms with Crippen molar-refractivity contribution in [2.75, 3.05) is 5.32 Å². The number of nitrogens with one attached hydrogen (secondary N) is 3. The van der Waals surface area contributed by atoms with Crippen molar-refractivity contribution in [3.63, 3.8) is 0 Å². The lowest BCUT2D eigenvalue weighted by atomic mass is 10.1. The summed E-state index contributed by atoms with van der Waals surface area (Å²) in [5, 5.41) is 3.17. The summed E-state index contributed by atoms with van der Waals surface area (Å²) in [4.78, 5) is 22.9. The van der Waals surface area contributed by atoms with Crippen molar-refractivity contribution < 1.29 is 9.59 Å². The minimum absolute atomic E-state index is 0.188. The van der Waals surface area contributed by atoms with Crippen molar-refractivity contribution in [2.24, 2.45) is 0 Å². The summed E-state index contributed by atoms with van der Waals surface area (Å²) in [6.45, 7) is 2.11. The van der Waals surface area contributed by atoms with Gasteiger partial charge >= 0.3 is 6.03 Å². The third-order valence-corrected chi connectivity index (χ3v) is 2.93. The minimum atomic E-state index is -0.491. The normalized spacial score (nSPS) is 9.90. The van der Waals surface area contributed by atoms with E-state index in [2.05, 4.69) is 23.1 Å². The van der Waals surface area contributed by atoms with Crippen LogP contribution in [-0.4, -0.2) is 11.9 Å². The zero-order valence-corrected chi connectivity index (χ0v) is 12.3. The zero-order valence-electron chi connectivity index (χ0n) is 11.5. The maximum Gasteiger partial charge on any atom is 0.337 e. The van der Waals surface area contributed by atoms with E-state index in [4.69, 9.17) is 11.6 Å². The number of hydrogen-bond donors (Lipinski definition) is 3. The van der Waals surface area contributed by atoms with Crippen LogP contribution in [0.25, 0.3) is 0 Å². The predicted molar refractivity (Wildman–Crippen MR) is 80.5 cm³/mol. The molecule has 3 N–H and O–H groups in total. The second-order valence-electron chi connectivity index (χ2n) is 4.44. The number of rotatable bonds is 6. The quantitative estimate of drug-likeness (QED) is 0.556. The van der Waals surface area contributed by atoms with Crippen molar-refractivity contribution in [2.45, 2.75) is 39.0 Å². The third kappa shape index (κ3) is 6.99. The molecule has 0 atom stereocenters. The first-order valence-corrected chi connectivity index (χ1v) is 7.11. The molecule has 0 fully saturated rings. The number of hydrazine groups is 1. The average molecular weight is 298 g/mol. The molecule has 0 aromatic heterocycles. The lowest BCUT2D eigenvalue weighted by Crippen LogP contribution is -2.43. The van der Waals surface area contributed by atoms with Crippen molar-refractivity contribution >= 4 is 29.2 Å². The second-order valence-corrected chi connectivity index (χ2v) is 4.88. The smallest absolute Gasteiger partial charge is 0.307 e. The summed E-state index contributed by atoms with van der Waals surface area (Å²) >= 11 is 5.74. The van der Waals surface area contributed by atoms with E-state index in [0.29, 0.717) is 17.1 Å². The van der Waals surface area contributed by atoms with Gasteiger partial charge in [0.25, 0.3) is 0 Å². The highest BCUT2D eigenvalue weighted by Crippen LogP contribution is 2.12. The predicted octanol–water partition coefficient (Wildman–Crippen LogP) is 3.46. The Labute approximate surface area is 124 Å². The van der Waals surface area contributed by atoms with Crippen molar-refractivity contribution in [3.8, 4) is 0 Å². The van der Waals surface area contributed by atoms with E-state index in [-0.39, 0.29) is 5.91 Å². The van der Waals surface area contributed by atoms with Crippen LogP contribution < -0.4 is 16.2 Å². The van der Waals surface area contributed by atoms with Gasteiger partial charge in [0.1, 0.15) is 0 Å². The van der Waals surface area contributed by atoms with Gasteiger partial charge in [0.2, 0.25) is 5.91 Å². The van der Waals surface area contributed by atoms with Crippen LogP contribution in [0.5, 0.6) is 0 Å². The van der Waals surface area contributed by atoms with Crippen LogP contribution in [0.2, 0.25) is 5.02 Å². The molecular weight excluding hydrogens is 278 g/mol. The molecule has 3 amide bonds. The summed E-state index contributed by atoms with van der Waals surface area (Å²) in [5.41, 5.74) is 5.27. The molecule has 1 aromatic carbocycles. The highest BCUT2D eigenvalue weighted by molar-refractivity contribution is 6.30. The molecule has 0 saturated heterocycles. The topological polar surface area (TPSA) is 70.2 Å². The molecule has 6 heteroatoms. The zero-order chi connectivity index (χ0) is 14.8. The lowest BCUT2D eigenvalue weighted by Gasteiger charge is -2.09. The van der Waals surface area contributed by atoms with Gasteiger partial charge in [-0.1, -0.05) is 37.8 Å². The van der Waals surface area contributed by atoms with Gasteiger partial charge in [0.05, 0.1) is 0 Å². The lowest BCUT2D eigenvalue weighted by molar-refractivity contribution is -0.121. The first kappa shape index (κ1) is 16.3. The van der Waals surface area contributed by atoms with Crippen LogP contribution in [0.1, 0.15) is 39.0 Å². The van der Waals surface area contributed by atoms with Gasteiger partial charge in [-0.15, -0.1) is 0 Å². The summed E-state index contributed by atoms with van der Waals surface area (Å²) in [6.07, 6.45) is 4.53. The van der Waals surface area contributed by atoms with E-state index < -0.39 is 6.03 Å². The molecule has 0 unspecified atom stereocenters. The molecule has 0 heterocycles. The monoisotopic (exact) mass is 297 g/mol. The largest absolute Gasteiger partial charge is 0.337 e. The SMILES string of the molecule is CCCCCCC(=O)NNC(=O)Nc1ccc(Cl)cc1. The van der Waals surface area contributed by atoms with Gasteiger partial charge in [0.15, 0.2) is 0 Å². The molecule has 1 rings (SSSR count). The Balaban J connectivity index is 2.19. The standard InChI is InChI=1S/C14H20ClN3O2/c1-2-3-4-5-6-13(19)17-18-14(20)16-12-9-7-11(15)8-10-12/h7-10H,2-6H2,1H3,(H,17,19)(H2,16,18,20). The fraction of sp³-hybridized carbons (Fsp3) is 0.429. The van der Waals surface area contributed by atoms with E-state index in [1.165, 1.54) is 0 Å². The molecule has 110 valence electrons. The Hall–Kier alpha value is -1.75. The first-order chi connectivity index (χ1) is 9.61. The van der Waals surface area contributed by atoms with Crippen LogP contribution in [0.3, 0.4) is 0 Å². The molecule has 1 aromatic rings. The van der Waals surface area contributed by atoms with E-state index >= 15 is 0 Å². The number of hydrogen-bond acceptors (Lipinski definition) is 2. The number of anilines is 1. The number of urea groups is 1. The summed E-state index contributed by atoms with van der Waals surface area (Å²) in [6, 6.07) is 6.20. The van der Waals surface area contributed by atoms with Crippen LogP contribution in [-0.2, 0) is 4.79 Å². The van der Waals surface area contributed by atoms with Gasteiger partial charge < -0.3 is 5.32 Å². The average Bonchev–Trinajstić information content (AvgIpc) is 2.44. The molecule has 0 aliphatic rings. The maximum atomic E-state index is 11.5. The van der Waals surface area contributed by atoms with Gasteiger partial charge in [-0.05, 0) is 30.7 Å². The number of carbonyl (C=O) groups excluding carboxylic acids is 2. The fourth-order valence-electron chi connectivity index (χ4n) is 1.60. The van der Waals surface area contributed by atoms with Crippen LogP contribution in [0.4, 0.5) is 10.5 Å². The second kappa shape index (κ2) is 9.20. The molecule has 0 spiro atoms. The van der Waals surface area contributed by atoms with E-state index in [0.717, 1.165) is 25.7 Å². The number of carbonyl (C=O) groups is 2. The molecule has 0 aliphatic carbocycles. The van der Waals surface area contributed by atoms with Gasteiger partial charge in [-0.25, -0.2) is 10.2 Å². The number of benzene rings is 1. The molecule has 20 heavy (non-hydrogen) atoms. The summed E-state index contributed by atoms with van der Waals surface area (Å²) in [7, 11) is 0.